The van der Waals surface area contributed by atoms with Crippen LogP contribution < -0.4 is 10.2 Å². The van der Waals surface area contributed by atoms with Crippen LogP contribution in [0.5, 0.6) is 0 Å². The van der Waals surface area contributed by atoms with Crippen LogP contribution in [0.3, 0.4) is 0 Å². The van der Waals surface area contributed by atoms with Crippen LogP contribution in [0.1, 0.15) is 39.9 Å². The first-order chi connectivity index (χ1) is 19.1. The number of carbonyl (C=O) groups is 2. The van der Waals surface area contributed by atoms with E-state index in [9.17, 15) is 32.9 Å². The fourth-order valence-corrected chi connectivity index (χ4v) is 4.97. The van der Waals surface area contributed by atoms with E-state index >= 15 is 0 Å². The quantitative estimate of drug-likeness (QED) is 0.266. The number of nitro groups is 1. The first-order valence-electron chi connectivity index (χ1n) is 12.3. The maximum absolute atomic E-state index is 14.0. The number of nitrogens with one attached hydrogen (secondary N) is 1. The zero-order valence-corrected chi connectivity index (χ0v) is 21.0. The average Bonchev–Trinajstić information content (AvgIpc) is 3.38. The number of nitro benzene ring substituents is 1. The van der Waals surface area contributed by atoms with Crippen molar-refractivity contribution in [3.05, 3.63) is 117 Å². The van der Waals surface area contributed by atoms with Crippen molar-refractivity contribution in [2.24, 2.45) is 0 Å². The minimum absolute atomic E-state index is 0.153. The molecule has 40 heavy (non-hydrogen) atoms. The van der Waals surface area contributed by atoms with Crippen LogP contribution in [0.25, 0.3) is 5.69 Å². The van der Waals surface area contributed by atoms with Crippen LogP contribution in [-0.4, -0.2) is 39.1 Å². The van der Waals surface area contributed by atoms with E-state index in [0.717, 1.165) is 12.1 Å². The summed E-state index contributed by atoms with van der Waals surface area (Å²) in [6, 6.07) is 17.3. The van der Waals surface area contributed by atoms with E-state index in [-0.39, 0.29) is 23.4 Å². The number of rotatable bonds is 6. The third kappa shape index (κ3) is 4.68. The Morgan fingerprint density at radius 1 is 1.02 bits per heavy atom. The third-order valence-electron chi connectivity index (χ3n) is 6.75. The fraction of sp³-hybridized carbons (Fsp3) is 0.179. The van der Waals surface area contributed by atoms with Gasteiger partial charge in [0.25, 0.3) is 17.5 Å². The van der Waals surface area contributed by atoms with E-state index < -0.39 is 40.4 Å². The average molecular weight is 550 g/mol. The zero-order valence-electron chi connectivity index (χ0n) is 21.0. The van der Waals surface area contributed by atoms with Gasteiger partial charge in [-0.2, -0.15) is 18.3 Å². The monoisotopic (exact) mass is 549 g/mol. The van der Waals surface area contributed by atoms with Crippen molar-refractivity contribution in [2.75, 3.05) is 11.4 Å². The lowest BCUT2D eigenvalue weighted by Crippen LogP contribution is -2.55. The number of amides is 2. The molecule has 0 saturated carbocycles. The highest BCUT2D eigenvalue weighted by Crippen LogP contribution is 2.44. The van der Waals surface area contributed by atoms with Crippen molar-refractivity contribution in [3.8, 4) is 5.69 Å². The molecule has 0 saturated heterocycles. The molecule has 5 rings (SSSR count). The highest BCUT2D eigenvalue weighted by Gasteiger charge is 2.46. The predicted octanol–water partition coefficient (Wildman–Crippen LogP) is 5.10. The molecule has 0 bridgehead atoms. The number of alkyl halides is 3. The molecule has 2 heterocycles. The Bertz CT molecular complexity index is 1600. The van der Waals surface area contributed by atoms with E-state index in [4.69, 9.17) is 0 Å². The van der Waals surface area contributed by atoms with Crippen LogP contribution in [0.15, 0.2) is 85.1 Å². The summed E-state index contributed by atoms with van der Waals surface area (Å²) in [5.74, 6) is -2.19. The Morgan fingerprint density at radius 3 is 2.40 bits per heavy atom. The summed E-state index contributed by atoms with van der Waals surface area (Å²) in [7, 11) is 0. The van der Waals surface area contributed by atoms with Crippen LogP contribution >= 0.6 is 0 Å². The smallest absolute Gasteiger partial charge is 0.339 e. The maximum Gasteiger partial charge on any atom is 0.416 e. The molecule has 2 atom stereocenters. The molecule has 204 valence electrons. The molecule has 9 nitrogen and oxygen atoms in total. The minimum Gasteiger partial charge on any atom is -0.339 e. The molecule has 1 aromatic heterocycles. The largest absolute Gasteiger partial charge is 0.416 e. The van der Waals surface area contributed by atoms with Gasteiger partial charge in [-0.1, -0.05) is 42.5 Å². The molecule has 1 aliphatic heterocycles. The normalized spacial score (nSPS) is 16.9. The number of fused-ring (bicyclic) bond motifs is 1. The van der Waals surface area contributed by atoms with Gasteiger partial charge >= 0.3 is 6.18 Å². The molecule has 0 unspecified atom stereocenters. The zero-order chi connectivity index (χ0) is 28.6. The molecule has 4 aromatic rings. The van der Waals surface area contributed by atoms with Crippen LogP contribution in [-0.2, 0) is 11.0 Å². The van der Waals surface area contributed by atoms with Crippen LogP contribution in [0, 0.1) is 10.1 Å². The predicted molar refractivity (Wildman–Crippen MR) is 139 cm³/mol. The SMILES string of the molecule is CCN1C(=O)[C@H](NC(=O)c2cccc(C(F)(F)F)c2)[C@@H](c2ccccc2[N+](=O)[O-])c2cnn(-c3ccccc3)c21. The molecular weight excluding hydrogens is 527 g/mol. The van der Waals surface area contributed by atoms with E-state index in [1.807, 2.05) is 6.07 Å². The molecule has 0 radical (unpaired) electrons. The molecule has 1 aliphatic rings. The lowest BCUT2D eigenvalue weighted by Gasteiger charge is -2.38. The number of nitrogens with zero attached hydrogens (tertiary/aromatic N) is 4. The lowest BCUT2D eigenvalue weighted by molar-refractivity contribution is -0.385. The van der Waals surface area contributed by atoms with Gasteiger partial charge in [0.1, 0.15) is 11.9 Å². The van der Waals surface area contributed by atoms with Gasteiger partial charge in [-0.25, -0.2) is 4.68 Å². The summed E-state index contributed by atoms with van der Waals surface area (Å²) >= 11 is 0. The summed E-state index contributed by atoms with van der Waals surface area (Å²) in [6.45, 7) is 1.89. The number of hydrogen-bond acceptors (Lipinski definition) is 5. The first kappa shape index (κ1) is 26.6. The van der Waals surface area contributed by atoms with Crippen molar-refractivity contribution in [1.82, 2.24) is 15.1 Å². The molecular formula is C28H22F3N5O4. The Labute approximate surface area is 226 Å². The van der Waals surface area contributed by atoms with Crippen molar-refractivity contribution in [1.29, 1.82) is 0 Å². The summed E-state index contributed by atoms with van der Waals surface area (Å²) in [5.41, 5.74) is -0.372. The van der Waals surface area contributed by atoms with E-state index in [0.29, 0.717) is 23.1 Å². The van der Waals surface area contributed by atoms with Gasteiger partial charge in [0.15, 0.2) is 0 Å². The molecule has 0 fully saturated rings. The van der Waals surface area contributed by atoms with Gasteiger partial charge < -0.3 is 5.32 Å². The number of para-hydroxylation sites is 2. The molecule has 0 aliphatic carbocycles. The third-order valence-corrected chi connectivity index (χ3v) is 6.75. The second kappa shape index (κ2) is 10.3. The van der Waals surface area contributed by atoms with E-state index in [2.05, 4.69) is 10.4 Å². The summed E-state index contributed by atoms with van der Waals surface area (Å²) in [4.78, 5) is 40.0. The maximum atomic E-state index is 14.0. The van der Waals surface area contributed by atoms with Gasteiger partial charge in [-0.05, 0) is 37.3 Å². The van der Waals surface area contributed by atoms with Crippen molar-refractivity contribution in [2.45, 2.75) is 25.1 Å². The van der Waals surface area contributed by atoms with Gasteiger partial charge in [0.2, 0.25) is 0 Å². The number of hydrogen-bond donors (Lipinski definition) is 1. The number of likely N-dealkylation sites (N-methyl/N-ethyl adjacent to an activating group) is 1. The molecule has 12 heteroatoms. The van der Waals surface area contributed by atoms with E-state index in [1.54, 1.807) is 41.9 Å². The van der Waals surface area contributed by atoms with E-state index in [1.165, 1.54) is 35.4 Å². The fourth-order valence-electron chi connectivity index (χ4n) is 4.97. The Balaban J connectivity index is 1.67. The van der Waals surface area contributed by atoms with Crippen molar-refractivity contribution < 1.29 is 27.7 Å². The van der Waals surface area contributed by atoms with Gasteiger partial charge in [-0.15, -0.1) is 0 Å². The van der Waals surface area contributed by atoms with Crippen molar-refractivity contribution >= 4 is 23.3 Å². The Morgan fingerprint density at radius 2 is 1.73 bits per heavy atom. The molecule has 2 amide bonds. The summed E-state index contributed by atoms with van der Waals surface area (Å²) in [6.07, 6.45) is -3.19. The second-order valence-electron chi connectivity index (χ2n) is 9.08. The molecule has 3 aromatic carbocycles. The lowest BCUT2D eigenvalue weighted by atomic mass is 9.81. The number of benzene rings is 3. The Kier molecular flexibility index (Phi) is 6.84. The number of halogens is 3. The molecule has 0 spiro atoms. The minimum atomic E-state index is -4.68. The highest BCUT2D eigenvalue weighted by molar-refractivity contribution is 6.05. The van der Waals surface area contributed by atoms with Gasteiger partial charge in [0, 0.05) is 29.3 Å². The number of anilines is 1. The first-order valence-corrected chi connectivity index (χ1v) is 12.3. The van der Waals surface area contributed by atoms with Crippen molar-refractivity contribution in [3.63, 3.8) is 0 Å². The number of aromatic nitrogens is 2. The summed E-state index contributed by atoms with van der Waals surface area (Å²) in [5, 5.41) is 19.0. The molecule has 1 N–H and O–H groups in total. The second-order valence-corrected chi connectivity index (χ2v) is 9.08. The van der Waals surface area contributed by atoms with Gasteiger partial charge in [0.05, 0.1) is 28.3 Å². The highest BCUT2D eigenvalue weighted by atomic mass is 19.4. The standard InChI is InChI=1S/C28H22F3N5O4/c1-2-34-26-21(16-32-35(26)19-11-4-3-5-12-19)23(20-13-6-7-14-22(20)36(39)40)24(27(34)38)33-25(37)17-9-8-10-18(15-17)28(29,30)31/h3-16,23-24H,2H2,1H3,(H,33,37)/t23-,24+/m0/s1. The summed E-state index contributed by atoms with van der Waals surface area (Å²) < 4.78 is 41.4. The number of carbonyl (C=O) groups excluding carboxylic acids is 2. The van der Waals surface area contributed by atoms with Crippen LogP contribution in [0.4, 0.5) is 24.7 Å². The topological polar surface area (TPSA) is 110 Å². The van der Waals surface area contributed by atoms with Gasteiger partial charge in [-0.3, -0.25) is 24.6 Å². The van der Waals surface area contributed by atoms with Crippen LogP contribution in [0.2, 0.25) is 0 Å². The Hall–Kier alpha value is -5.00.